The maximum absolute atomic E-state index is 13.0. The molecule has 0 aliphatic carbocycles. The van der Waals surface area contributed by atoms with Crippen LogP contribution in [0.4, 0.5) is 8.78 Å². The fraction of sp³-hybridized carbons (Fsp3) is 0.417. The molecule has 1 unspecified atom stereocenters. The van der Waals surface area contributed by atoms with E-state index in [-0.39, 0.29) is 6.42 Å². The highest BCUT2D eigenvalue weighted by molar-refractivity contribution is 5.67. The number of benzene rings is 1. The van der Waals surface area contributed by atoms with Crippen LogP contribution in [0.15, 0.2) is 18.2 Å². The van der Waals surface area contributed by atoms with E-state index < -0.39 is 29.1 Å². The van der Waals surface area contributed by atoms with Crippen LogP contribution in [0, 0.1) is 17.0 Å². The summed E-state index contributed by atoms with van der Waals surface area (Å²) in [4.78, 5) is 10.7. The van der Waals surface area contributed by atoms with Crippen LogP contribution in [0.25, 0.3) is 0 Å². The standard InChI is InChI=1S/C12H15F2NO2/c1-12(2,6-10(16)17)11(15)7-3-4-8(13)9(14)5-7/h3-5,11H,6,15H2,1-2H3,(H,16,17). The number of hydrogen-bond acceptors (Lipinski definition) is 2. The second-order valence-electron chi connectivity index (χ2n) is 4.71. The van der Waals surface area contributed by atoms with Crippen molar-refractivity contribution >= 4 is 5.97 Å². The monoisotopic (exact) mass is 243 g/mol. The van der Waals surface area contributed by atoms with Crippen LogP contribution < -0.4 is 5.73 Å². The predicted octanol–water partition coefficient (Wildman–Crippen LogP) is 2.47. The Morgan fingerprint density at radius 1 is 1.41 bits per heavy atom. The molecule has 1 aromatic rings. The van der Waals surface area contributed by atoms with Crippen LogP contribution in [0.3, 0.4) is 0 Å². The van der Waals surface area contributed by atoms with Gasteiger partial charge in [-0.3, -0.25) is 4.79 Å². The summed E-state index contributed by atoms with van der Waals surface area (Å²) in [6.07, 6.45) is -0.146. The summed E-state index contributed by atoms with van der Waals surface area (Å²) in [6, 6.07) is 2.69. The SMILES string of the molecule is CC(C)(CC(=O)O)C(N)c1ccc(F)c(F)c1. The van der Waals surface area contributed by atoms with E-state index in [1.54, 1.807) is 13.8 Å². The summed E-state index contributed by atoms with van der Waals surface area (Å²) in [6.45, 7) is 3.35. The van der Waals surface area contributed by atoms with Crippen molar-refractivity contribution in [2.75, 3.05) is 0 Å². The van der Waals surface area contributed by atoms with Crippen molar-refractivity contribution in [3.63, 3.8) is 0 Å². The van der Waals surface area contributed by atoms with E-state index in [0.717, 1.165) is 12.1 Å². The van der Waals surface area contributed by atoms with Gasteiger partial charge in [-0.25, -0.2) is 8.78 Å². The lowest BCUT2D eigenvalue weighted by molar-refractivity contribution is -0.139. The Hall–Kier alpha value is -1.49. The molecule has 0 spiro atoms. The Bertz CT molecular complexity index is 433. The van der Waals surface area contributed by atoms with Gasteiger partial charge in [0.05, 0.1) is 6.42 Å². The zero-order valence-electron chi connectivity index (χ0n) is 9.71. The molecular weight excluding hydrogens is 228 g/mol. The van der Waals surface area contributed by atoms with Gasteiger partial charge in [0.15, 0.2) is 11.6 Å². The Balaban J connectivity index is 2.98. The Morgan fingerprint density at radius 2 is 2.00 bits per heavy atom. The van der Waals surface area contributed by atoms with Gasteiger partial charge in [0.1, 0.15) is 0 Å². The van der Waals surface area contributed by atoms with Crippen LogP contribution >= 0.6 is 0 Å². The number of aliphatic carboxylic acids is 1. The summed E-state index contributed by atoms with van der Waals surface area (Å²) in [5.74, 6) is -2.91. The zero-order chi connectivity index (χ0) is 13.2. The minimum Gasteiger partial charge on any atom is -0.481 e. The van der Waals surface area contributed by atoms with Gasteiger partial charge in [0, 0.05) is 6.04 Å². The summed E-state index contributed by atoms with van der Waals surface area (Å²) in [5, 5.41) is 8.75. The van der Waals surface area contributed by atoms with Crippen molar-refractivity contribution < 1.29 is 18.7 Å². The largest absolute Gasteiger partial charge is 0.481 e. The predicted molar refractivity (Wildman–Crippen MR) is 59.3 cm³/mol. The lowest BCUT2D eigenvalue weighted by atomic mass is 9.78. The van der Waals surface area contributed by atoms with Gasteiger partial charge in [0.2, 0.25) is 0 Å². The molecule has 0 saturated heterocycles. The molecule has 0 aliphatic rings. The van der Waals surface area contributed by atoms with Crippen LogP contribution in [0.5, 0.6) is 0 Å². The van der Waals surface area contributed by atoms with Gasteiger partial charge in [0.25, 0.3) is 0 Å². The molecule has 0 aliphatic heterocycles. The molecule has 0 bridgehead atoms. The van der Waals surface area contributed by atoms with Crippen molar-refractivity contribution in [1.82, 2.24) is 0 Å². The number of carbonyl (C=O) groups is 1. The molecule has 0 fully saturated rings. The van der Waals surface area contributed by atoms with Gasteiger partial charge in [-0.1, -0.05) is 19.9 Å². The highest BCUT2D eigenvalue weighted by Gasteiger charge is 2.30. The number of halogens is 2. The molecule has 3 N–H and O–H groups in total. The minimum absolute atomic E-state index is 0.146. The first-order valence-electron chi connectivity index (χ1n) is 5.16. The molecule has 1 rings (SSSR count). The maximum atomic E-state index is 13.0. The fourth-order valence-electron chi connectivity index (χ4n) is 1.66. The summed E-state index contributed by atoms with van der Waals surface area (Å²) < 4.78 is 25.8. The summed E-state index contributed by atoms with van der Waals surface area (Å²) in [7, 11) is 0. The van der Waals surface area contributed by atoms with E-state index in [1.807, 2.05) is 0 Å². The highest BCUT2D eigenvalue weighted by Crippen LogP contribution is 2.34. The molecule has 5 heteroatoms. The molecule has 1 aromatic carbocycles. The minimum atomic E-state index is -0.982. The van der Waals surface area contributed by atoms with Crippen molar-refractivity contribution in [1.29, 1.82) is 0 Å². The van der Waals surface area contributed by atoms with Gasteiger partial charge in [-0.05, 0) is 23.1 Å². The first kappa shape index (κ1) is 13.6. The fourth-order valence-corrected chi connectivity index (χ4v) is 1.66. The molecule has 3 nitrogen and oxygen atoms in total. The van der Waals surface area contributed by atoms with Crippen molar-refractivity contribution in [3.8, 4) is 0 Å². The molecule has 0 heterocycles. The summed E-state index contributed by atoms with van der Waals surface area (Å²) in [5.41, 5.74) is 5.53. The molecule has 0 radical (unpaired) electrons. The average molecular weight is 243 g/mol. The molecule has 0 aromatic heterocycles. The van der Waals surface area contributed by atoms with Crippen molar-refractivity contribution in [2.45, 2.75) is 26.3 Å². The van der Waals surface area contributed by atoms with Crippen LogP contribution in [-0.4, -0.2) is 11.1 Å². The van der Waals surface area contributed by atoms with Gasteiger partial charge >= 0.3 is 5.97 Å². The first-order valence-corrected chi connectivity index (χ1v) is 5.16. The van der Waals surface area contributed by atoms with Crippen LogP contribution in [-0.2, 0) is 4.79 Å². The summed E-state index contributed by atoms with van der Waals surface area (Å²) >= 11 is 0. The molecule has 0 amide bonds. The molecule has 1 atom stereocenters. The van der Waals surface area contributed by atoms with Gasteiger partial charge in [-0.2, -0.15) is 0 Å². The Kier molecular flexibility index (Phi) is 3.83. The van der Waals surface area contributed by atoms with Crippen molar-refractivity contribution in [3.05, 3.63) is 35.4 Å². The second kappa shape index (κ2) is 4.79. The van der Waals surface area contributed by atoms with E-state index in [1.165, 1.54) is 6.07 Å². The molecule has 17 heavy (non-hydrogen) atoms. The molecular formula is C12H15F2NO2. The van der Waals surface area contributed by atoms with Crippen LogP contribution in [0.2, 0.25) is 0 Å². The van der Waals surface area contributed by atoms with E-state index in [4.69, 9.17) is 10.8 Å². The third-order valence-corrected chi connectivity index (χ3v) is 2.75. The number of rotatable bonds is 4. The van der Waals surface area contributed by atoms with E-state index in [9.17, 15) is 13.6 Å². The topological polar surface area (TPSA) is 63.3 Å². The quantitative estimate of drug-likeness (QED) is 0.853. The highest BCUT2D eigenvalue weighted by atomic mass is 19.2. The number of carboxylic acid groups (broad SMARTS) is 1. The second-order valence-corrected chi connectivity index (χ2v) is 4.71. The van der Waals surface area contributed by atoms with Gasteiger partial charge in [-0.15, -0.1) is 0 Å². The molecule has 94 valence electrons. The lowest BCUT2D eigenvalue weighted by Gasteiger charge is -2.30. The lowest BCUT2D eigenvalue weighted by Crippen LogP contribution is -2.31. The number of nitrogens with two attached hydrogens (primary N) is 1. The smallest absolute Gasteiger partial charge is 0.303 e. The number of carboxylic acids is 1. The van der Waals surface area contributed by atoms with E-state index >= 15 is 0 Å². The first-order chi connectivity index (χ1) is 7.74. The maximum Gasteiger partial charge on any atom is 0.303 e. The molecule has 0 saturated carbocycles. The normalized spacial score (nSPS) is 13.5. The number of hydrogen-bond donors (Lipinski definition) is 2. The van der Waals surface area contributed by atoms with E-state index in [2.05, 4.69) is 0 Å². The van der Waals surface area contributed by atoms with Crippen molar-refractivity contribution in [2.24, 2.45) is 11.1 Å². The average Bonchev–Trinajstić information content (AvgIpc) is 2.19. The zero-order valence-corrected chi connectivity index (χ0v) is 9.71. The third-order valence-electron chi connectivity index (χ3n) is 2.75. The van der Waals surface area contributed by atoms with E-state index in [0.29, 0.717) is 5.56 Å². The third kappa shape index (κ3) is 3.23. The Morgan fingerprint density at radius 3 is 2.47 bits per heavy atom. The Labute approximate surface area is 98.2 Å². The van der Waals surface area contributed by atoms with Gasteiger partial charge < -0.3 is 10.8 Å². The van der Waals surface area contributed by atoms with Crippen LogP contribution in [0.1, 0.15) is 31.9 Å².